The summed E-state index contributed by atoms with van der Waals surface area (Å²) in [6.45, 7) is 13.0. The summed E-state index contributed by atoms with van der Waals surface area (Å²) in [5.41, 5.74) is 4.19. The van der Waals surface area contributed by atoms with Crippen LogP contribution in [0.15, 0.2) is 57.7 Å². The SMILES string of the molecule is CC(=O)Nc1ccc2c(CNC(c3ccc(C(C)(C)C)cc3)C(C)C)cc(=O)oc2c1. The van der Waals surface area contributed by atoms with Crippen molar-refractivity contribution < 1.29 is 9.21 Å². The lowest BCUT2D eigenvalue weighted by Gasteiger charge is -2.25. The summed E-state index contributed by atoms with van der Waals surface area (Å²) in [6.07, 6.45) is 0. The van der Waals surface area contributed by atoms with E-state index in [9.17, 15) is 9.59 Å². The monoisotopic (exact) mass is 420 g/mol. The number of carbonyl (C=O) groups excluding carboxylic acids is 1. The zero-order chi connectivity index (χ0) is 22.8. The lowest BCUT2D eigenvalue weighted by atomic mass is 9.85. The van der Waals surface area contributed by atoms with Crippen molar-refractivity contribution in [1.82, 2.24) is 5.32 Å². The largest absolute Gasteiger partial charge is 0.423 e. The lowest BCUT2D eigenvalue weighted by molar-refractivity contribution is -0.114. The van der Waals surface area contributed by atoms with Gasteiger partial charge in [0.25, 0.3) is 0 Å². The summed E-state index contributed by atoms with van der Waals surface area (Å²) in [5.74, 6) is 0.204. The molecule has 5 nitrogen and oxygen atoms in total. The van der Waals surface area contributed by atoms with Gasteiger partial charge < -0.3 is 15.1 Å². The summed E-state index contributed by atoms with van der Waals surface area (Å²) in [5, 5.41) is 7.20. The fourth-order valence-corrected chi connectivity index (χ4v) is 3.81. The highest BCUT2D eigenvalue weighted by Crippen LogP contribution is 2.28. The molecule has 0 aliphatic carbocycles. The maximum absolute atomic E-state index is 12.1. The Bertz CT molecular complexity index is 1120. The van der Waals surface area contributed by atoms with E-state index in [0.29, 0.717) is 23.7 Å². The van der Waals surface area contributed by atoms with Crippen LogP contribution in [-0.2, 0) is 16.8 Å². The maximum Gasteiger partial charge on any atom is 0.336 e. The van der Waals surface area contributed by atoms with Crippen molar-refractivity contribution in [1.29, 1.82) is 0 Å². The van der Waals surface area contributed by atoms with Gasteiger partial charge in [-0.25, -0.2) is 4.79 Å². The molecule has 0 aliphatic heterocycles. The van der Waals surface area contributed by atoms with Crippen LogP contribution in [0.25, 0.3) is 11.0 Å². The van der Waals surface area contributed by atoms with Gasteiger partial charge in [0, 0.05) is 42.7 Å². The maximum atomic E-state index is 12.1. The first kappa shape index (κ1) is 22.8. The fraction of sp³-hybridized carbons (Fsp3) is 0.385. The Balaban J connectivity index is 1.86. The van der Waals surface area contributed by atoms with Gasteiger partial charge >= 0.3 is 5.63 Å². The molecule has 164 valence electrons. The van der Waals surface area contributed by atoms with E-state index in [0.717, 1.165) is 10.9 Å². The van der Waals surface area contributed by atoms with Crippen LogP contribution in [-0.4, -0.2) is 5.91 Å². The lowest BCUT2D eigenvalue weighted by Crippen LogP contribution is -2.26. The van der Waals surface area contributed by atoms with E-state index in [2.05, 4.69) is 69.5 Å². The Hall–Kier alpha value is -2.92. The fourth-order valence-electron chi connectivity index (χ4n) is 3.81. The third-order valence-electron chi connectivity index (χ3n) is 5.47. The Morgan fingerprint density at radius 2 is 1.71 bits per heavy atom. The molecule has 3 aromatic rings. The smallest absolute Gasteiger partial charge is 0.336 e. The normalized spacial score (nSPS) is 12.9. The van der Waals surface area contributed by atoms with Gasteiger partial charge in [0.15, 0.2) is 0 Å². The number of hydrogen-bond donors (Lipinski definition) is 2. The zero-order valence-corrected chi connectivity index (χ0v) is 19.2. The molecule has 31 heavy (non-hydrogen) atoms. The third kappa shape index (κ3) is 5.61. The number of rotatable bonds is 6. The van der Waals surface area contributed by atoms with Crippen molar-refractivity contribution in [2.75, 3.05) is 5.32 Å². The van der Waals surface area contributed by atoms with E-state index in [-0.39, 0.29) is 17.4 Å². The molecule has 0 spiro atoms. The van der Waals surface area contributed by atoms with Gasteiger partial charge in [-0.3, -0.25) is 4.79 Å². The minimum absolute atomic E-state index is 0.117. The van der Waals surface area contributed by atoms with Gasteiger partial charge in [-0.15, -0.1) is 0 Å². The highest BCUT2D eigenvalue weighted by atomic mass is 16.4. The van der Waals surface area contributed by atoms with Gasteiger partial charge in [-0.1, -0.05) is 58.9 Å². The summed E-state index contributed by atoms with van der Waals surface area (Å²) in [4.78, 5) is 23.5. The van der Waals surface area contributed by atoms with Crippen molar-refractivity contribution in [3.8, 4) is 0 Å². The average Bonchev–Trinajstić information content (AvgIpc) is 2.66. The number of nitrogens with one attached hydrogen (secondary N) is 2. The number of anilines is 1. The number of carbonyl (C=O) groups is 1. The number of amides is 1. The summed E-state index contributed by atoms with van der Waals surface area (Å²) >= 11 is 0. The Morgan fingerprint density at radius 1 is 1.03 bits per heavy atom. The summed E-state index contributed by atoms with van der Waals surface area (Å²) < 4.78 is 5.37. The summed E-state index contributed by atoms with van der Waals surface area (Å²) in [7, 11) is 0. The molecule has 0 bridgehead atoms. The van der Waals surface area contributed by atoms with E-state index >= 15 is 0 Å². The number of benzene rings is 2. The molecule has 1 unspecified atom stereocenters. The van der Waals surface area contributed by atoms with E-state index in [1.54, 1.807) is 6.07 Å². The van der Waals surface area contributed by atoms with Gasteiger partial charge in [-0.05, 0) is 40.2 Å². The van der Waals surface area contributed by atoms with Crippen molar-refractivity contribution in [2.45, 2.75) is 59.5 Å². The number of hydrogen-bond acceptors (Lipinski definition) is 4. The van der Waals surface area contributed by atoms with E-state index in [4.69, 9.17) is 4.42 Å². The second-order valence-electron chi connectivity index (χ2n) is 9.46. The molecule has 0 saturated heterocycles. The molecule has 1 aromatic heterocycles. The van der Waals surface area contributed by atoms with Gasteiger partial charge in [0.1, 0.15) is 5.58 Å². The van der Waals surface area contributed by atoms with Crippen molar-refractivity contribution in [2.24, 2.45) is 5.92 Å². The quantitative estimate of drug-likeness (QED) is 0.514. The first-order valence-corrected chi connectivity index (χ1v) is 10.7. The van der Waals surface area contributed by atoms with Crippen molar-refractivity contribution in [3.63, 3.8) is 0 Å². The molecular formula is C26H32N2O3. The standard InChI is InChI=1S/C26H32N2O3/c1-16(2)25(18-7-9-20(10-8-18)26(4,5)6)27-15-19-13-24(30)31-23-14-21(28-17(3)29)11-12-22(19)23/h7-14,16,25,27H,15H2,1-6H3,(H,28,29). The van der Waals surface area contributed by atoms with Gasteiger partial charge in [0.2, 0.25) is 5.91 Å². The predicted octanol–water partition coefficient (Wildman–Crippen LogP) is 5.54. The Kier molecular flexibility index (Phi) is 6.65. The third-order valence-corrected chi connectivity index (χ3v) is 5.47. The van der Waals surface area contributed by atoms with Crippen LogP contribution in [0.4, 0.5) is 5.69 Å². The van der Waals surface area contributed by atoms with Crippen molar-refractivity contribution >= 4 is 22.6 Å². The first-order chi connectivity index (χ1) is 14.5. The Labute approximate surface area is 183 Å². The zero-order valence-electron chi connectivity index (χ0n) is 19.2. The molecular weight excluding hydrogens is 388 g/mol. The minimum atomic E-state index is -0.403. The van der Waals surface area contributed by atoms with Crippen LogP contribution in [0.3, 0.4) is 0 Å². The second kappa shape index (κ2) is 9.06. The molecule has 2 aromatic carbocycles. The Morgan fingerprint density at radius 3 is 2.29 bits per heavy atom. The van der Waals surface area contributed by atoms with Crippen LogP contribution in [0.2, 0.25) is 0 Å². The van der Waals surface area contributed by atoms with Gasteiger partial charge in [-0.2, -0.15) is 0 Å². The van der Waals surface area contributed by atoms with Crippen molar-refractivity contribution in [3.05, 3.63) is 75.6 Å². The topological polar surface area (TPSA) is 71.3 Å². The van der Waals surface area contributed by atoms with Crippen LogP contribution in [0, 0.1) is 5.92 Å². The van der Waals surface area contributed by atoms with Crippen LogP contribution in [0.5, 0.6) is 0 Å². The van der Waals surface area contributed by atoms with Crippen LogP contribution in [0.1, 0.15) is 64.3 Å². The highest BCUT2D eigenvalue weighted by molar-refractivity contribution is 5.92. The molecule has 0 fully saturated rings. The molecule has 3 rings (SSSR count). The van der Waals surface area contributed by atoms with E-state index < -0.39 is 5.63 Å². The number of fused-ring (bicyclic) bond motifs is 1. The molecule has 1 atom stereocenters. The highest BCUT2D eigenvalue weighted by Gasteiger charge is 2.18. The van der Waals surface area contributed by atoms with E-state index in [1.165, 1.54) is 24.1 Å². The molecule has 0 saturated carbocycles. The average molecular weight is 421 g/mol. The van der Waals surface area contributed by atoms with Crippen LogP contribution < -0.4 is 16.3 Å². The molecule has 2 N–H and O–H groups in total. The first-order valence-electron chi connectivity index (χ1n) is 10.7. The predicted molar refractivity (Wildman–Crippen MR) is 126 cm³/mol. The van der Waals surface area contributed by atoms with Crippen LogP contribution >= 0.6 is 0 Å². The molecule has 0 aliphatic rings. The molecule has 1 heterocycles. The minimum Gasteiger partial charge on any atom is -0.423 e. The van der Waals surface area contributed by atoms with Gasteiger partial charge in [0.05, 0.1) is 0 Å². The summed E-state index contributed by atoms with van der Waals surface area (Å²) in [6, 6.07) is 15.8. The second-order valence-corrected chi connectivity index (χ2v) is 9.46. The molecule has 0 radical (unpaired) electrons. The molecule has 1 amide bonds. The molecule has 5 heteroatoms. The van der Waals surface area contributed by atoms with E-state index in [1.807, 2.05) is 12.1 Å².